The van der Waals surface area contributed by atoms with Gasteiger partial charge in [0.05, 0.1) is 37.7 Å². The second-order valence-electron chi connectivity index (χ2n) is 7.22. The predicted molar refractivity (Wildman–Crippen MR) is 106 cm³/mol. The summed E-state index contributed by atoms with van der Waals surface area (Å²) in [6.07, 6.45) is -4.63. The van der Waals surface area contributed by atoms with Gasteiger partial charge in [-0.15, -0.1) is 0 Å². The van der Waals surface area contributed by atoms with E-state index >= 15 is 0 Å². The highest BCUT2D eigenvalue weighted by Gasteiger charge is 2.35. The number of halogens is 4. The van der Waals surface area contributed by atoms with Crippen LogP contribution in [-0.2, 0) is 27.9 Å². The lowest BCUT2D eigenvalue weighted by molar-refractivity contribution is -0.140. The second-order valence-corrected chi connectivity index (χ2v) is 8.02. The van der Waals surface area contributed by atoms with E-state index in [1.54, 1.807) is 7.11 Å². The normalized spacial score (nSPS) is 19.5. The molecule has 9 heteroatoms. The molecule has 2 aliphatic heterocycles. The molecule has 2 aromatic carbocycles. The zero-order valence-electron chi connectivity index (χ0n) is 16.3. The van der Waals surface area contributed by atoms with E-state index in [9.17, 15) is 17.6 Å². The molecule has 162 valence electrons. The van der Waals surface area contributed by atoms with Crippen LogP contribution >= 0.6 is 12.0 Å². The average molecular weight is 443 g/mol. The van der Waals surface area contributed by atoms with Crippen LogP contribution in [0.4, 0.5) is 23.2 Å². The van der Waals surface area contributed by atoms with Gasteiger partial charge in [-0.1, -0.05) is 12.1 Å². The molecule has 0 saturated carbocycles. The van der Waals surface area contributed by atoms with Crippen LogP contribution < -0.4 is 9.64 Å². The first-order chi connectivity index (χ1) is 14.4. The van der Waals surface area contributed by atoms with Crippen molar-refractivity contribution in [3.05, 3.63) is 52.8 Å². The molecule has 1 unspecified atom stereocenters. The fourth-order valence-corrected chi connectivity index (χ4v) is 4.53. The molecule has 1 saturated heterocycles. The van der Waals surface area contributed by atoms with Crippen molar-refractivity contribution < 1.29 is 31.2 Å². The van der Waals surface area contributed by atoms with E-state index < -0.39 is 23.7 Å². The van der Waals surface area contributed by atoms with Gasteiger partial charge in [-0.2, -0.15) is 13.2 Å². The quantitative estimate of drug-likeness (QED) is 0.497. The van der Waals surface area contributed by atoms with Crippen LogP contribution in [0.5, 0.6) is 5.75 Å². The van der Waals surface area contributed by atoms with Gasteiger partial charge in [-0.3, -0.25) is 0 Å². The Morgan fingerprint density at radius 2 is 1.97 bits per heavy atom. The van der Waals surface area contributed by atoms with Crippen LogP contribution in [0.3, 0.4) is 0 Å². The van der Waals surface area contributed by atoms with Gasteiger partial charge in [0.25, 0.3) is 0 Å². The third-order valence-corrected chi connectivity index (χ3v) is 6.19. The number of fused-ring (bicyclic) bond motifs is 1. The molecule has 0 radical (unpaired) electrons. The highest BCUT2D eigenvalue weighted by Crippen LogP contribution is 2.41. The number of hydrogen-bond acceptors (Lipinski definition) is 5. The molecule has 1 atom stereocenters. The minimum Gasteiger partial charge on any atom is -0.495 e. The van der Waals surface area contributed by atoms with E-state index in [1.165, 1.54) is 12.1 Å². The van der Waals surface area contributed by atoms with Gasteiger partial charge < -0.3 is 18.6 Å². The molecule has 0 aromatic heterocycles. The van der Waals surface area contributed by atoms with Crippen LogP contribution in [-0.4, -0.2) is 39.5 Å². The first-order valence-electron chi connectivity index (χ1n) is 9.58. The monoisotopic (exact) mass is 443 g/mol. The number of ether oxygens (including phenoxy) is 2. The Bertz CT molecular complexity index is 916. The third-order valence-electron chi connectivity index (χ3n) is 5.27. The highest BCUT2D eigenvalue weighted by molar-refractivity contribution is 7.94. The zero-order valence-corrected chi connectivity index (χ0v) is 17.1. The van der Waals surface area contributed by atoms with E-state index in [1.807, 2.05) is 12.1 Å². The van der Waals surface area contributed by atoms with E-state index in [0.717, 1.165) is 53.1 Å². The van der Waals surface area contributed by atoms with Gasteiger partial charge in [-0.05, 0) is 29.3 Å². The molecule has 0 bridgehead atoms. The van der Waals surface area contributed by atoms with Gasteiger partial charge >= 0.3 is 6.18 Å². The van der Waals surface area contributed by atoms with Gasteiger partial charge in [0.1, 0.15) is 11.6 Å². The maximum absolute atomic E-state index is 14.4. The van der Waals surface area contributed by atoms with Gasteiger partial charge in [-0.25, -0.2) is 4.39 Å². The lowest BCUT2D eigenvalue weighted by Crippen LogP contribution is -2.36. The van der Waals surface area contributed by atoms with Crippen molar-refractivity contribution in [2.75, 3.05) is 38.3 Å². The summed E-state index contributed by atoms with van der Waals surface area (Å²) in [6.45, 7) is 2.76. The fraction of sp³-hybridized carbons (Fsp3) is 0.429. The lowest BCUT2D eigenvalue weighted by Gasteiger charge is -2.32. The summed E-state index contributed by atoms with van der Waals surface area (Å²) in [5.74, 6) is -0.498. The third kappa shape index (κ3) is 4.38. The van der Waals surface area contributed by atoms with Crippen molar-refractivity contribution >= 4 is 17.7 Å². The van der Waals surface area contributed by atoms with Crippen molar-refractivity contribution in [3.63, 3.8) is 0 Å². The van der Waals surface area contributed by atoms with E-state index in [2.05, 4.69) is 4.90 Å². The average Bonchev–Trinajstić information content (AvgIpc) is 2.74. The smallest absolute Gasteiger partial charge is 0.419 e. The molecular weight excluding hydrogens is 422 g/mol. The molecule has 1 fully saturated rings. The van der Waals surface area contributed by atoms with Crippen molar-refractivity contribution in [2.24, 2.45) is 0 Å². The van der Waals surface area contributed by atoms with Crippen LogP contribution in [0.25, 0.3) is 0 Å². The molecule has 2 aliphatic rings. The Morgan fingerprint density at radius 3 is 2.67 bits per heavy atom. The molecule has 0 amide bonds. The first-order valence-corrected chi connectivity index (χ1v) is 10.3. The lowest BCUT2D eigenvalue weighted by atomic mass is 9.98. The summed E-state index contributed by atoms with van der Waals surface area (Å²) >= 11 is 1.15. The zero-order chi connectivity index (χ0) is 21.3. The number of alkyl halides is 3. The van der Waals surface area contributed by atoms with Crippen LogP contribution in [0.2, 0.25) is 0 Å². The Hall–Kier alpha value is -1.97. The maximum atomic E-state index is 14.4. The molecule has 4 nitrogen and oxygen atoms in total. The fourth-order valence-electron chi connectivity index (χ4n) is 3.75. The molecular formula is C21H21F4NO3S. The predicted octanol–water partition coefficient (Wildman–Crippen LogP) is 4.88. The van der Waals surface area contributed by atoms with E-state index in [-0.39, 0.29) is 12.0 Å². The molecule has 0 N–H and O–H groups in total. The first kappa shape index (κ1) is 21.3. The minimum absolute atomic E-state index is 0.000731. The van der Waals surface area contributed by atoms with Crippen LogP contribution in [0, 0.1) is 5.82 Å². The second kappa shape index (κ2) is 8.64. The van der Waals surface area contributed by atoms with E-state index in [0.29, 0.717) is 19.6 Å². The number of benzene rings is 2. The summed E-state index contributed by atoms with van der Waals surface area (Å²) < 4.78 is 70.1. The standard InChI is InChI=1S/C21H21F4NO3S/c1-27-18-12-19-14(11-17(18)26-5-7-28-8-6-26)10-15(29-30-19)9-13-3-2-4-16(20(13)22)21(23,24)25/h2-4,11-12,15H,5-10H2,1H3. The topological polar surface area (TPSA) is 30.9 Å². The Kier molecular flexibility index (Phi) is 6.13. The SMILES string of the molecule is COc1cc2c(cc1N1CCOCC1)CC(Cc1cccc(C(F)(F)F)c1F)OS2. The highest BCUT2D eigenvalue weighted by atomic mass is 32.2. The number of nitrogens with zero attached hydrogens (tertiary/aromatic N) is 1. The number of hydrogen-bond donors (Lipinski definition) is 0. The van der Waals surface area contributed by atoms with Crippen LogP contribution in [0.1, 0.15) is 16.7 Å². The molecule has 2 heterocycles. The largest absolute Gasteiger partial charge is 0.495 e. The number of rotatable bonds is 4. The van der Waals surface area contributed by atoms with E-state index in [4.69, 9.17) is 13.7 Å². The van der Waals surface area contributed by atoms with Crippen molar-refractivity contribution in [3.8, 4) is 5.75 Å². The summed E-state index contributed by atoms with van der Waals surface area (Å²) in [4.78, 5) is 3.08. The Balaban J connectivity index is 1.56. The van der Waals surface area contributed by atoms with Gasteiger partial charge in [0, 0.05) is 42.9 Å². The number of anilines is 1. The molecule has 4 rings (SSSR count). The summed E-state index contributed by atoms with van der Waals surface area (Å²) in [7, 11) is 1.61. The number of morpholine rings is 1. The van der Waals surface area contributed by atoms with Gasteiger partial charge in [0.2, 0.25) is 0 Å². The molecule has 0 aliphatic carbocycles. The molecule has 2 aromatic rings. The van der Waals surface area contributed by atoms with Gasteiger partial charge in [0.15, 0.2) is 0 Å². The molecule has 0 spiro atoms. The maximum Gasteiger partial charge on any atom is 0.419 e. The number of methoxy groups -OCH3 is 1. The van der Waals surface area contributed by atoms with Crippen molar-refractivity contribution in [2.45, 2.75) is 30.0 Å². The Labute approximate surface area is 176 Å². The van der Waals surface area contributed by atoms with Crippen molar-refractivity contribution in [1.29, 1.82) is 0 Å². The summed E-state index contributed by atoms with van der Waals surface area (Å²) in [5, 5.41) is 0. The summed E-state index contributed by atoms with van der Waals surface area (Å²) in [5.41, 5.74) is 0.709. The minimum atomic E-state index is -4.72. The van der Waals surface area contributed by atoms with Crippen LogP contribution in [0.15, 0.2) is 35.2 Å². The van der Waals surface area contributed by atoms with Crippen molar-refractivity contribution in [1.82, 2.24) is 0 Å². The molecule has 30 heavy (non-hydrogen) atoms. The summed E-state index contributed by atoms with van der Waals surface area (Å²) in [6, 6.07) is 7.30. The Morgan fingerprint density at radius 1 is 1.20 bits per heavy atom.